The van der Waals surface area contributed by atoms with Crippen molar-refractivity contribution in [1.29, 1.82) is 0 Å². The topological polar surface area (TPSA) is 49.9 Å². The summed E-state index contributed by atoms with van der Waals surface area (Å²) < 4.78 is 6.01. The van der Waals surface area contributed by atoms with Crippen molar-refractivity contribution >= 4 is 22.3 Å². The van der Waals surface area contributed by atoms with Crippen LogP contribution in [0.5, 0.6) is 5.75 Å². The summed E-state index contributed by atoms with van der Waals surface area (Å²) in [5.74, 6) is 0.825. The van der Waals surface area contributed by atoms with E-state index in [1.54, 1.807) is 0 Å². The zero-order valence-electron chi connectivity index (χ0n) is 19.0. The molecule has 0 aliphatic heterocycles. The van der Waals surface area contributed by atoms with Gasteiger partial charge in [0.15, 0.2) is 0 Å². The molecule has 0 aliphatic carbocycles. The molecule has 1 heterocycles. The number of aromatic nitrogens is 2. The Bertz CT molecular complexity index is 1160. The Morgan fingerprint density at radius 1 is 1.00 bits per heavy atom. The number of fused-ring (bicyclic) bond motifs is 1. The molecule has 4 nitrogen and oxygen atoms in total. The SMILES string of the molecule is C/C=C(\Nc1cccc(C)c1C)c1n[nH]c2ccc(OCc3ccccc3)cc12.CC. The predicted octanol–water partition coefficient (Wildman–Crippen LogP) is 7.26. The standard InChI is InChI=1S/C25H25N3O.C2H6/c1-4-22(26-23-12-8-9-17(2)18(23)3)25-21-15-20(13-14-24(21)27-28-25)29-16-19-10-6-5-7-11-19;1-2/h4-15,26H,16H2,1-3H3,(H,27,28);1-2H3/b22-4-;. The molecule has 0 amide bonds. The Balaban J connectivity index is 0.00000132. The highest BCUT2D eigenvalue weighted by molar-refractivity contribution is 5.94. The van der Waals surface area contributed by atoms with E-state index in [4.69, 9.17) is 4.74 Å². The van der Waals surface area contributed by atoms with E-state index in [1.807, 2.05) is 57.2 Å². The van der Waals surface area contributed by atoms with Crippen molar-refractivity contribution in [2.75, 3.05) is 5.32 Å². The van der Waals surface area contributed by atoms with Gasteiger partial charge in [-0.1, -0.05) is 62.4 Å². The summed E-state index contributed by atoms with van der Waals surface area (Å²) in [5.41, 5.74) is 7.55. The van der Waals surface area contributed by atoms with Gasteiger partial charge < -0.3 is 10.1 Å². The van der Waals surface area contributed by atoms with Crippen LogP contribution >= 0.6 is 0 Å². The van der Waals surface area contributed by atoms with Crippen LogP contribution in [-0.2, 0) is 6.61 Å². The Hall–Kier alpha value is -3.53. The number of nitrogens with one attached hydrogen (secondary N) is 2. The molecule has 1 aromatic heterocycles. The fraction of sp³-hybridized carbons (Fsp3) is 0.222. The van der Waals surface area contributed by atoms with Gasteiger partial charge in [0.1, 0.15) is 18.1 Å². The average Bonchev–Trinajstić information content (AvgIpc) is 3.24. The number of H-pyrrole nitrogens is 1. The summed E-state index contributed by atoms with van der Waals surface area (Å²) in [6, 6.07) is 22.5. The lowest BCUT2D eigenvalue weighted by atomic mass is 10.1. The number of hydrogen-bond acceptors (Lipinski definition) is 3. The highest BCUT2D eigenvalue weighted by Gasteiger charge is 2.13. The largest absolute Gasteiger partial charge is 0.489 e. The van der Waals surface area contributed by atoms with Crippen LogP contribution in [0.15, 0.2) is 72.8 Å². The van der Waals surface area contributed by atoms with Gasteiger partial charge in [-0.05, 0) is 61.7 Å². The first kappa shape index (κ1) is 22.2. The highest BCUT2D eigenvalue weighted by atomic mass is 16.5. The molecule has 4 rings (SSSR count). The summed E-state index contributed by atoms with van der Waals surface area (Å²) >= 11 is 0. The molecule has 31 heavy (non-hydrogen) atoms. The molecule has 0 atom stereocenters. The van der Waals surface area contributed by atoms with Crippen molar-refractivity contribution in [3.8, 4) is 5.75 Å². The second kappa shape index (κ2) is 10.5. The van der Waals surface area contributed by atoms with Crippen molar-refractivity contribution in [3.63, 3.8) is 0 Å². The molecule has 3 aromatic carbocycles. The third-order valence-corrected chi connectivity index (χ3v) is 5.20. The first-order valence-corrected chi connectivity index (χ1v) is 10.8. The molecule has 160 valence electrons. The normalized spacial score (nSPS) is 11.1. The van der Waals surface area contributed by atoms with Gasteiger partial charge in [0.05, 0.1) is 11.2 Å². The smallest absolute Gasteiger partial charge is 0.120 e. The number of aryl methyl sites for hydroxylation is 1. The Morgan fingerprint density at radius 2 is 1.77 bits per heavy atom. The minimum absolute atomic E-state index is 0.538. The third-order valence-electron chi connectivity index (χ3n) is 5.20. The van der Waals surface area contributed by atoms with E-state index in [1.165, 1.54) is 11.1 Å². The fourth-order valence-electron chi connectivity index (χ4n) is 3.33. The predicted molar refractivity (Wildman–Crippen MR) is 131 cm³/mol. The second-order valence-corrected chi connectivity index (χ2v) is 7.13. The van der Waals surface area contributed by atoms with Gasteiger partial charge in [0.2, 0.25) is 0 Å². The molecule has 4 aromatic rings. The maximum Gasteiger partial charge on any atom is 0.120 e. The Labute approximate surface area is 185 Å². The number of allylic oxidation sites excluding steroid dienone is 1. The molecular formula is C27H31N3O. The molecule has 0 fully saturated rings. The summed E-state index contributed by atoms with van der Waals surface area (Å²) in [7, 11) is 0. The average molecular weight is 414 g/mol. The van der Waals surface area contributed by atoms with E-state index >= 15 is 0 Å². The minimum Gasteiger partial charge on any atom is -0.489 e. The van der Waals surface area contributed by atoms with Crippen LogP contribution in [-0.4, -0.2) is 10.2 Å². The van der Waals surface area contributed by atoms with Gasteiger partial charge in [0, 0.05) is 11.1 Å². The first-order valence-electron chi connectivity index (χ1n) is 10.8. The van der Waals surface area contributed by atoms with Crippen LogP contribution in [0.3, 0.4) is 0 Å². The zero-order chi connectivity index (χ0) is 22.2. The number of nitrogens with zero attached hydrogens (tertiary/aromatic N) is 1. The minimum atomic E-state index is 0.538. The summed E-state index contributed by atoms with van der Waals surface area (Å²) in [5, 5.41) is 12.3. The molecule has 0 bridgehead atoms. The maximum absolute atomic E-state index is 6.01. The lowest BCUT2D eigenvalue weighted by Crippen LogP contribution is -2.02. The van der Waals surface area contributed by atoms with Crippen molar-refractivity contribution < 1.29 is 4.74 Å². The van der Waals surface area contributed by atoms with E-state index in [-0.39, 0.29) is 0 Å². The fourth-order valence-corrected chi connectivity index (χ4v) is 3.33. The molecule has 0 saturated carbocycles. The van der Waals surface area contributed by atoms with Gasteiger partial charge in [-0.3, -0.25) is 5.10 Å². The Kier molecular flexibility index (Phi) is 7.50. The molecule has 0 saturated heterocycles. The number of rotatable bonds is 6. The number of hydrogen-bond donors (Lipinski definition) is 2. The lowest BCUT2D eigenvalue weighted by Gasteiger charge is -2.13. The first-order chi connectivity index (χ1) is 15.2. The third kappa shape index (κ3) is 5.15. The monoisotopic (exact) mass is 413 g/mol. The van der Waals surface area contributed by atoms with Crippen LogP contribution in [0.2, 0.25) is 0 Å². The van der Waals surface area contributed by atoms with E-state index in [9.17, 15) is 0 Å². The zero-order valence-corrected chi connectivity index (χ0v) is 19.0. The van der Waals surface area contributed by atoms with Gasteiger partial charge >= 0.3 is 0 Å². The molecule has 2 N–H and O–H groups in total. The summed E-state index contributed by atoms with van der Waals surface area (Å²) in [6.45, 7) is 10.8. The number of anilines is 1. The van der Waals surface area contributed by atoms with E-state index < -0.39 is 0 Å². The number of ether oxygens (including phenoxy) is 1. The lowest BCUT2D eigenvalue weighted by molar-refractivity contribution is 0.306. The van der Waals surface area contributed by atoms with Crippen LogP contribution in [0.4, 0.5) is 5.69 Å². The summed E-state index contributed by atoms with van der Waals surface area (Å²) in [4.78, 5) is 0. The van der Waals surface area contributed by atoms with Crippen molar-refractivity contribution in [2.45, 2.75) is 41.2 Å². The Morgan fingerprint density at radius 3 is 2.52 bits per heavy atom. The number of benzene rings is 3. The van der Waals surface area contributed by atoms with Crippen molar-refractivity contribution in [1.82, 2.24) is 10.2 Å². The van der Waals surface area contributed by atoms with Crippen molar-refractivity contribution in [2.24, 2.45) is 0 Å². The van der Waals surface area contributed by atoms with Crippen molar-refractivity contribution in [3.05, 3.63) is 95.2 Å². The molecule has 4 heteroatoms. The van der Waals surface area contributed by atoms with E-state index in [0.29, 0.717) is 6.61 Å². The van der Waals surface area contributed by atoms with Gasteiger partial charge in [-0.15, -0.1) is 0 Å². The van der Waals surface area contributed by atoms with Crippen LogP contribution in [0.1, 0.15) is 43.2 Å². The molecular weight excluding hydrogens is 382 g/mol. The van der Waals surface area contributed by atoms with Crippen LogP contribution in [0.25, 0.3) is 16.6 Å². The molecule has 0 spiro atoms. The second-order valence-electron chi connectivity index (χ2n) is 7.13. The molecule has 0 unspecified atom stereocenters. The maximum atomic E-state index is 6.01. The van der Waals surface area contributed by atoms with Gasteiger partial charge in [0.25, 0.3) is 0 Å². The van der Waals surface area contributed by atoms with Gasteiger partial charge in [-0.2, -0.15) is 5.10 Å². The van der Waals surface area contributed by atoms with Crippen LogP contribution < -0.4 is 10.1 Å². The van der Waals surface area contributed by atoms with Gasteiger partial charge in [-0.25, -0.2) is 0 Å². The van der Waals surface area contributed by atoms with Crippen LogP contribution in [0, 0.1) is 13.8 Å². The van der Waals surface area contributed by atoms with E-state index in [2.05, 4.69) is 65.8 Å². The van der Waals surface area contributed by atoms with E-state index in [0.717, 1.165) is 39.3 Å². The number of aromatic amines is 1. The summed E-state index contributed by atoms with van der Waals surface area (Å²) in [6.07, 6.45) is 2.05. The molecule has 0 aliphatic rings. The quantitative estimate of drug-likeness (QED) is 0.350. The molecule has 0 radical (unpaired) electrons. The highest BCUT2D eigenvalue weighted by Crippen LogP contribution is 2.29.